The summed E-state index contributed by atoms with van der Waals surface area (Å²) in [4.78, 5) is 11.9. The number of rotatable bonds is 4. The number of nitrogens with two attached hydrogens (primary N) is 2. The van der Waals surface area contributed by atoms with Crippen molar-refractivity contribution in [1.29, 1.82) is 0 Å². The molecule has 0 bridgehead atoms. The van der Waals surface area contributed by atoms with Crippen molar-refractivity contribution in [1.82, 2.24) is 0 Å². The third-order valence-corrected chi connectivity index (χ3v) is 3.46. The number of hydrogen-bond acceptors (Lipinski definition) is 5. The molecule has 0 saturated heterocycles. The van der Waals surface area contributed by atoms with E-state index in [0.717, 1.165) is 16.6 Å². The van der Waals surface area contributed by atoms with E-state index in [1.807, 2.05) is 11.4 Å². The van der Waals surface area contributed by atoms with Crippen LogP contribution in [-0.2, 0) is 4.74 Å². The molecule has 5 N–H and O–H groups in total. The zero-order valence-electron chi connectivity index (χ0n) is 10.4. The molecule has 19 heavy (non-hydrogen) atoms. The van der Waals surface area contributed by atoms with Gasteiger partial charge in [-0.2, -0.15) is 5.48 Å². The second-order valence-electron chi connectivity index (χ2n) is 3.86. The summed E-state index contributed by atoms with van der Waals surface area (Å²) in [5, 5.41) is 11.3. The Kier molecular flexibility index (Phi) is 4.16. The Morgan fingerprint density at radius 1 is 1.53 bits per heavy atom. The van der Waals surface area contributed by atoms with Crippen LogP contribution in [0.3, 0.4) is 0 Å². The zero-order chi connectivity index (χ0) is 13.8. The van der Waals surface area contributed by atoms with Gasteiger partial charge in [-0.15, -0.1) is 11.3 Å². The van der Waals surface area contributed by atoms with Crippen LogP contribution in [0.5, 0.6) is 0 Å². The molecule has 1 aromatic carbocycles. The molecule has 0 aliphatic heterocycles. The van der Waals surface area contributed by atoms with E-state index in [1.165, 1.54) is 11.3 Å². The summed E-state index contributed by atoms with van der Waals surface area (Å²) in [6.07, 6.45) is 0. The Bertz CT molecular complexity index is 595. The smallest absolute Gasteiger partial charge is 0.341 e. The molecule has 100 valence electrons. The SMILES string of the molecule is CCOC(=O)c1c(-c2cccc([NH2+]O)c2)csc1N. The van der Waals surface area contributed by atoms with Crippen LogP contribution in [0.2, 0.25) is 0 Å². The lowest BCUT2D eigenvalue weighted by Gasteiger charge is -2.05. The monoisotopic (exact) mass is 279 g/mol. The van der Waals surface area contributed by atoms with E-state index in [0.29, 0.717) is 22.9 Å². The van der Waals surface area contributed by atoms with E-state index in [9.17, 15) is 4.79 Å². The molecule has 2 aromatic rings. The number of carbonyl (C=O) groups is 1. The largest absolute Gasteiger partial charge is 0.462 e. The predicted octanol–water partition coefficient (Wildman–Crippen LogP) is 1.76. The van der Waals surface area contributed by atoms with Gasteiger partial charge in [-0.25, -0.2) is 10.0 Å². The number of quaternary nitrogens is 1. The van der Waals surface area contributed by atoms with Gasteiger partial charge < -0.3 is 10.5 Å². The van der Waals surface area contributed by atoms with E-state index in [1.54, 1.807) is 25.1 Å². The first kappa shape index (κ1) is 13.5. The van der Waals surface area contributed by atoms with E-state index < -0.39 is 5.97 Å². The van der Waals surface area contributed by atoms with Gasteiger partial charge in [-0.1, -0.05) is 12.1 Å². The van der Waals surface area contributed by atoms with Gasteiger partial charge in [0.05, 0.1) is 6.61 Å². The maximum absolute atomic E-state index is 11.9. The second-order valence-corrected chi connectivity index (χ2v) is 4.77. The topological polar surface area (TPSA) is 89.2 Å². The van der Waals surface area contributed by atoms with Gasteiger partial charge in [-0.3, -0.25) is 0 Å². The van der Waals surface area contributed by atoms with Crippen LogP contribution in [0.1, 0.15) is 17.3 Å². The number of esters is 1. The first-order valence-corrected chi connectivity index (χ1v) is 6.67. The Morgan fingerprint density at radius 2 is 2.32 bits per heavy atom. The molecule has 0 radical (unpaired) electrons. The summed E-state index contributed by atoms with van der Waals surface area (Å²) in [5.41, 5.74) is 9.46. The van der Waals surface area contributed by atoms with Crippen molar-refractivity contribution in [2.45, 2.75) is 6.92 Å². The van der Waals surface area contributed by atoms with Gasteiger partial charge in [0.2, 0.25) is 0 Å². The average molecular weight is 279 g/mol. The highest BCUT2D eigenvalue weighted by molar-refractivity contribution is 7.14. The maximum atomic E-state index is 11.9. The van der Waals surface area contributed by atoms with Crippen molar-refractivity contribution >= 4 is 28.0 Å². The number of ether oxygens (including phenoxy) is 1. The minimum absolute atomic E-state index is 0.304. The highest BCUT2D eigenvalue weighted by Gasteiger charge is 2.20. The van der Waals surface area contributed by atoms with Gasteiger partial charge >= 0.3 is 5.97 Å². The van der Waals surface area contributed by atoms with E-state index in [2.05, 4.69) is 0 Å². The Hall–Kier alpha value is -1.89. The standard InChI is InChI=1S/C13H14N2O3S/c1-2-18-13(16)11-10(7-19-12(11)14)8-4-3-5-9(6-8)15-17/h3-7,15,17H,2,14H2,1H3/p+1. The van der Waals surface area contributed by atoms with Crippen molar-refractivity contribution in [3.63, 3.8) is 0 Å². The lowest BCUT2D eigenvalue weighted by molar-refractivity contribution is -0.825. The van der Waals surface area contributed by atoms with Crippen LogP contribution < -0.4 is 11.2 Å². The molecule has 0 spiro atoms. The molecular weight excluding hydrogens is 264 g/mol. The van der Waals surface area contributed by atoms with Gasteiger partial charge in [0, 0.05) is 23.1 Å². The molecule has 2 rings (SSSR count). The van der Waals surface area contributed by atoms with Crippen molar-refractivity contribution < 1.29 is 20.2 Å². The van der Waals surface area contributed by atoms with Gasteiger partial charge in [0.15, 0.2) is 5.69 Å². The molecule has 5 nitrogen and oxygen atoms in total. The van der Waals surface area contributed by atoms with Crippen LogP contribution in [0.25, 0.3) is 11.1 Å². The first-order valence-electron chi connectivity index (χ1n) is 5.79. The van der Waals surface area contributed by atoms with Gasteiger partial charge in [-0.05, 0) is 12.5 Å². The molecule has 6 heteroatoms. The summed E-state index contributed by atoms with van der Waals surface area (Å²) in [5.74, 6) is -0.422. The lowest BCUT2D eigenvalue weighted by atomic mass is 10.0. The van der Waals surface area contributed by atoms with Crippen molar-refractivity contribution in [2.24, 2.45) is 0 Å². The van der Waals surface area contributed by atoms with Crippen LogP contribution in [0.15, 0.2) is 29.6 Å². The van der Waals surface area contributed by atoms with Crippen LogP contribution in [-0.4, -0.2) is 17.8 Å². The van der Waals surface area contributed by atoms with Gasteiger partial charge in [0.1, 0.15) is 10.6 Å². The zero-order valence-corrected chi connectivity index (χ0v) is 11.2. The summed E-state index contributed by atoms with van der Waals surface area (Å²) in [6.45, 7) is 2.06. The number of thiophene rings is 1. The Balaban J connectivity index is 2.47. The number of anilines is 1. The maximum Gasteiger partial charge on any atom is 0.341 e. The second kappa shape index (κ2) is 5.83. The summed E-state index contributed by atoms with van der Waals surface area (Å²) < 4.78 is 5.02. The average Bonchev–Trinajstić information content (AvgIpc) is 2.81. The molecule has 0 aliphatic rings. The predicted molar refractivity (Wildman–Crippen MR) is 73.5 cm³/mol. The van der Waals surface area contributed by atoms with Crippen LogP contribution in [0, 0.1) is 0 Å². The molecule has 0 fully saturated rings. The highest BCUT2D eigenvalue weighted by Crippen LogP contribution is 2.34. The van der Waals surface area contributed by atoms with Crippen molar-refractivity contribution in [3.8, 4) is 11.1 Å². The lowest BCUT2D eigenvalue weighted by Crippen LogP contribution is -2.73. The van der Waals surface area contributed by atoms with Crippen LogP contribution in [0.4, 0.5) is 10.7 Å². The van der Waals surface area contributed by atoms with E-state index in [4.69, 9.17) is 15.7 Å². The first-order chi connectivity index (χ1) is 9.17. The Labute approximate surface area is 114 Å². The molecule has 0 atom stereocenters. The summed E-state index contributed by atoms with van der Waals surface area (Å²) in [7, 11) is 0. The van der Waals surface area contributed by atoms with Crippen LogP contribution >= 0.6 is 11.3 Å². The molecule has 0 unspecified atom stereocenters. The van der Waals surface area contributed by atoms with E-state index >= 15 is 0 Å². The number of nitrogen functional groups attached to an aromatic ring is 1. The number of carbonyl (C=O) groups excluding carboxylic acids is 1. The molecule has 0 amide bonds. The minimum Gasteiger partial charge on any atom is -0.462 e. The number of benzene rings is 1. The minimum atomic E-state index is -0.422. The molecular formula is C13H15N2O3S+. The summed E-state index contributed by atoms with van der Waals surface area (Å²) >= 11 is 1.30. The fourth-order valence-electron chi connectivity index (χ4n) is 1.79. The molecule has 0 aliphatic carbocycles. The third-order valence-electron chi connectivity index (χ3n) is 2.65. The fourth-order valence-corrected chi connectivity index (χ4v) is 2.60. The summed E-state index contributed by atoms with van der Waals surface area (Å²) in [6, 6.07) is 7.21. The van der Waals surface area contributed by atoms with Crippen molar-refractivity contribution in [3.05, 3.63) is 35.2 Å². The third kappa shape index (κ3) is 2.76. The quantitative estimate of drug-likeness (QED) is 0.452. The van der Waals surface area contributed by atoms with E-state index in [-0.39, 0.29) is 0 Å². The molecule has 0 saturated carbocycles. The van der Waals surface area contributed by atoms with Gasteiger partial charge in [0.25, 0.3) is 0 Å². The normalized spacial score (nSPS) is 10.4. The fraction of sp³-hybridized carbons (Fsp3) is 0.154. The highest BCUT2D eigenvalue weighted by atomic mass is 32.1. The van der Waals surface area contributed by atoms with Crippen molar-refractivity contribution in [2.75, 3.05) is 12.3 Å². The molecule has 1 aromatic heterocycles. The molecule has 1 heterocycles. The number of hydrogen-bond donors (Lipinski definition) is 3. The Morgan fingerprint density at radius 3 is 3.00 bits per heavy atom.